The van der Waals surface area contributed by atoms with Crippen LogP contribution >= 0.6 is 0 Å². The monoisotopic (exact) mass is 181 g/mol. The Bertz CT molecular complexity index is 252. The average molecular weight is 181 g/mol. The van der Waals surface area contributed by atoms with E-state index in [9.17, 15) is 0 Å². The second kappa shape index (κ2) is 3.41. The van der Waals surface area contributed by atoms with E-state index in [1.165, 1.54) is 19.3 Å². The Hall–Kier alpha value is -0.970. The maximum Gasteiger partial charge on any atom is 0.138 e. The van der Waals surface area contributed by atoms with Crippen LogP contribution in [0.3, 0.4) is 0 Å². The number of unbranched alkanes of at least 4 members (excludes halogenated alkanes) is 1. The molecule has 1 aliphatic rings. The molecule has 0 unspecified atom stereocenters. The van der Waals surface area contributed by atoms with Crippen molar-refractivity contribution in [2.45, 2.75) is 44.2 Å². The fourth-order valence-corrected chi connectivity index (χ4v) is 1.44. The van der Waals surface area contributed by atoms with Crippen molar-refractivity contribution in [1.29, 1.82) is 0 Å². The van der Waals surface area contributed by atoms with Crippen LogP contribution in [0, 0.1) is 0 Å². The zero-order chi connectivity index (χ0) is 9.15. The molecule has 0 aromatic carbocycles. The van der Waals surface area contributed by atoms with Gasteiger partial charge < -0.3 is 5.73 Å². The van der Waals surface area contributed by atoms with Gasteiger partial charge in [0, 0.05) is 12.1 Å². The highest BCUT2D eigenvalue weighted by atomic mass is 15.5. The Morgan fingerprint density at radius 3 is 2.85 bits per heavy atom. The van der Waals surface area contributed by atoms with Gasteiger partial charge in [0.15, 0.2) is 0 Å². The average Bonchev–Trinajstić information content (AvgIpc) is 2.69. The van der Waals surface area contributed by atoms with E-state index < -0.39 is 0 Å². The Labute approximate surface area is 77.3 Å². The lowest BCUT2D eigenvalue weighted by molar-refractivity contribution is 0.494. The highest BCUT2D eigenvalue weighted by molar-refractivity contribution is 4.97. The van der Waals surface area contributed by atoms with Crippen molar-refractivity contribution in [3.63, 3.8) is 0 Å². The van der Waals surface area contributed by atoms with Crippen molar-refractivity contribution in [3.8, 4) is 0 Å². The third-order valence-electron chi connectivity index (χ3n) is 2.60. The van der Waals surface area contributed by atoms with Crippen LogP contribution in [0.2, 0.25) is 0 Å². The third kappa shape index (κ3) is 2.48. The normalized spacial score (nSPS) is 18.8. The molecule has 1 aliphatic carbocycles. The molecule has 0 aliphatic heterocycles. The minimum Gasteiger partial charge on any atom is -0.325 e. The van der Waals surface area contributed by atoms with Crippen molar-refractivity contribution in [2.75, 3.05) is 0 Å². The third-order valence-corrected chi connectivity index (χ3v) is 2.60. The minimum absolute atomic E-state index is 0.195. The number of rotatable bonds is 5. The van der Waals surface area contributed by atoms with Crippen molar-refractivity contribution >= 4 is 0 Å². The summed E-state index contributed by atoms with van der Waals surface area (Å²) in [5.41, 5.74) is 6.15. The molecule has 13 heavy (non-hydrogen) atoms. The predicted octanol–water partition coefficient (Wildman–Crippen LogP) is 0.335. The first kappa shape index (κ1) is 8.62. The number of hydrogen-bond donors (Lipinski definition) is 1. The molecule has 1 heterocycles. The summed E-state index contributed by atoms with van der Waals surface area (Å²) >= 11 is 0. The number of tetrazole rings is 1. The summed E-state index contributed by atoms with van der Waals surface area (Å²) in [6.07, 6.45) is 7.50. The van der Waals surface area contributed by atoms with E-state index in [1.54, 1.807) is 11.0 Å². The molecule has 0 spiro atoms. The van der Waals surface area contributed by atoms with Gasteiger partial charge in [-0.25, -0.2) is 4.68 Å². The SMILES string of the molecule is NC1(CCCCn2cnnn2)CC1. The molecule has 1 fully saturated rings. The molecule has 1 saturated carbocycles. The maximum absolute atomic E-state index is 5.96. The molecule has 1 aromatic rings. The summed E-state index contributed by atoms with van der Waals surface area (Å²) < 4.78 is 1.76. The highest BCUT2D eigenvalue weighted by Gasteiger charge is 2.36. The van der Waals surface area contributed by atoms with Gasteiger partial charge in [0.05, 0.1) is 0 Å². The Balaban J connectivity index is 1.59. The van der Waals surface area contributed by atoms with Crippen LogP contribution in [-0.4, -0.2) is 25.7 Å². The molecule has 0 atom stereocenters. The molecule has 1 aromatic heterocycles. The Morgan fingerprint density at radius 2 is 2.23 bits per heavy atom. The van der Waals surface area contributed by atoms with Crippen LogP contribution in [0.4, 0.5) is 0 Å². The topological polar surface area (TPSA) is 69.6 Å². The van der Waals surface area contributed by atoms with E-state index in [0.717, 1.165) is 19.4 Å². The van der Waals surface area contributed by atoms with Crippen molar-refractivity contribution in [2.24, 2.45) is 5.73 Å². The molecule has 0 amide bonds. The van der Waals surface area contributed by atoms with Crippen molar-refractivity contribution in [1.82, 2.24) is 20.2 Å². The zero-order valence-corrected chi connectivity index (χ0v) is 7.69. The summed E-state index contributed by atoms with van der Waals surface area (Å²) in [5.74, 6) is 0. The molecule has 5 heteroatoms. The molecule has 72 valence electrons. The number of nitrogens with two attached hydrogens (primary N) is 1. The number of nitrogens with zero attached hydrogens (tertiary/aromatic N) is 4. The van der Waals surface area contributed by atoms with Gasteiger partial charge in [0.25, 0.3) is 0 Å². The van der Waals surface area contributed by atoms with E-state index in [-0.39, 0.29) is 5.54 Å². The second-order valence-electron chi connectivity index (χ2n) is 3.89. The van der Waals surface area contributed by atoms with Crippen LogP contribution in [0.1, 0.15) is 32.1 Å². The van der Waals surface area contributed by atoms with E-state index in [4.69, 9.17) is 5.73 Å². The first-order chi connectivity index (χ1) is 6.29. The fourth-order valence-electron chi connectivity index (χ4n) is 1.44. The van der Waals surface area contributed by atoms with Gasteiger partial charge in [-0.2, -0.15) is 0 Å². The van der Waals surface area contributed by atoms with Crippen molar-refractivity contribution < 1.29 is 0 Å². The lowest BCUT2D eigenvalue weighted by Gasteiger charge is -2.06. The Kier molecular flexibility index (Phi) is 2.26. The van der Waals surface area contributed by atoms with Gasteiger partial charge in [0.2, 0.25) is 0 Å². The van der Waals surface area contributed by atoms with E-state index >= 15 is 0 Å². The van der Waals surface area contributed by atoms with Crippen LogP contribution in [0.15, 0.2) is 6.33 Å². The molecule has 0 bridgehead atoms. The smallest absolute Gasteiger partial charge is 0.138 e. The quantitative estimate of drug-likeness (QED) is 0.665. The van der Waals surface area contributed by atoms with Crippen LogP contribution < -0.4 is 5.73 Å². The number of hydrogen-bond acceptors (Lipinski definition) is 4. The summed E-state index contributed by atoms with van der Waals surface area (Å²) in [7, 11) is 0. The largest absolute Gasteiger partial charge is 0.325 e. The molecule has 0 saturated heterocycles. The van der Waals surface area contributed by atoms with Crippen LogP contribution in [-0.2, 0) is 6.54 Å². The van der Waals surface area contributed by atoms with Crippen LogP contribution in [0.5, 0.6) is 0 Å². The maximum atomic E-state index is 5.96. The second-order valence-corrected chi connectivity index (χ2v) is 3.89. The predicted molar refractivity (Wildman–Crippen MR) is 47.8 cm³/mol. The number of aryl methyl sites for hydroxylation is 1. The summed E-state index contributed by atoms with van der Waals surface area (Å²) in [6, 6.07) is 0. The molecular weight excluding hydrogens is 166 g/mol. The summed E-state index contributed by atoms with van der Waals surface area (Å²) in [6.45, 7) is 0.906. The minimum atomic E-state index is 0.195. The standard InChI is InChI=1S/C8H15N5/c9-8(4-5-8)3-1-2-6-13-7-10-11-12-13/h7H,1-6,9H2. The molecule has 2 N–H and O–H groups in total. The van der Waals surface area contributed by atoms with E-state index in [1.807, 2.05) is 0 Å². The lowest BCUT2D eigenvalue weighted by Crippen LogP contribution is -2.21. The first-order valence-electron chi connectivity index (χ1n) is 4.78. The van der Waals surface area contributed by atoms with Gasteiger partial charge in [0.1, 0.15) is 6.33 Å². The molecule has 2 rings (SSSR count). The summed E-state index contributed by atoms with van der Waals surface area (Å²) in [4.78, 5) is 0. The molecule has 0 radical (unpaired) electrons. The highest BCUT2D eigenvalue weighted by Crippen LogP contribution is 2.36. The van der Waals surface area contributed by atoms with Gasteiger partial charge in [-0.3, -0.25) is 0 Å². The Morgan fingerprint density at radius 1 is 1.38 bits per heavy atom. The van der Waals surface area contributed by atoms with Crippen molar-refractivity contribution in [3.05, 3.63) is 6.33 Å². The molecular formula is C8H15N5. The van der Waals surface area contributed by atoms with Gasteiger partial charge in [-0.15, -0.1) is 5.10 Å². The fraction of sp³-hybridized carbons (Fsp3) is 0.875. The zero-order valence-electron chi connectivity index (χ0n) is 7.69. The lowest BCUT2D eigenvalue weighted by atomic mass is 10.1. The van der Waals surface area contributed by atoms with E-state index in [0.29, 0.717) is 0 Å². The van der Waals surface area contributed by atoms with Crippen LogP contribution in [0.25, 0.3) is 0 Å². The van der Waals surface area contributed by atoms with Gasteiger partial charge in [-0.1, -0.05) is 0 Å². The molecule has 5 nitrogen and oxygen atoms in total. The summed E-state index contributed by atoms with van der Waals surface area (Å²) in [5, 5.41) is 10.9. The van der Waals surface area contributed by atoms with Gasteiger partial charge in [-0.05, 0) is 42.5 Å². The van der Waals surface area contributed by atoms with E-state index in [2.05, 4.69) is 15.5 Å². The first-order valence-corrected chi connectivity index (χ1v) is 4.78. The van der Waals surface area contributed by atoms with Gasteiger partial charge >= 0.3 is 0 Å². The number of aromatic nitrogens is 4.